The molecule has 1 fully saturated rings. The van der Waals surface area contributed by atoms with Crippen LogP contribution in [0.3, 0.4) is 0 Å². The van der Waals surface area contributed by atoms with E-state index in [1.54, 1.807) is 0 Å². The number of hydrogen-bond donors (Lipinski definition) is 2. The van der Waals surface area contributed by atoms with E-state index >= 15 is 0 Å². The number of halogens is 1. The number of carbonyl (C=O) groups excluding carboxylic acids is 1. The van der Waals surface area contributed by atoms with Crippen molar-refractivity contribution in [2.24, 2.45) is 5.73 Å². The molecular formula is C14H22FN3O4S. The van der Waals surface area contributed by atoms with Gasteiger partial charge in [0.1, 0.15) is 12.8 Å². The molecule has 1 aromatic rings. The molecule has 0 bridgehead atoms. The number of nitrogens with two attached hydrogens (primary N) is 1. The van der Waals surface area contributed by atoms with E-state index in [9.17, 15) is 14.0 Å². The minimum absolute atomic E-state index is 0.0843. The summed E-state index contributed by atoms with van der Waals surface area (Å²) in [4.78, 5) is 24.2. The standard InChI is InChI=1S/C11H14FN3O4S.C3H8/c12-7-4-15(11(20)14-10(7)17)8-2-1-6(19-8)5-18-9(16)3-13;1-3-2/h4,6,8H,1-3,5,13H2,(H,14,17,20);3H2,1-2H3. The summed E-state index contributed by atoms with van der Waals surface area (Å²) in [7, 11) is 0. The summed E-state index contributed by atoms with van der Waals surface area (Å²) >= 11 is 4.96. The largest absolute Gasteiger partial charge is 0.462 e. The summed E-state index contributed by atoms with van der Waals surface area (Å²) in [5.41, 5.74) is 4.25. The van der Waals surface area contributed by atoms with Crippen LogP contribution in [0.4, 0.5) is 4.39 Å². The zero-order valence-corrected chi connectivity index (χ0v) is 14.0. The number of aromatic amines is 1. The van der Waals surface area contributed by atoms with Crippen molar-refractivity contribution in [2.45, 2.75) is 45.4 Å². The normalized spacial score (nSPS) is 19.8. The molecule has 0 aromatic carbocycles. The summed E-state index contributed by atoms with van der Waals surface area (Å²) < 4.78 is 25.2. The quantitative estimate of drug-likeness (QED) is 0.634. The smallest absolute Gasteiger partial charge is 0.319 e. The Balaban J connectivity index is 0.000000816. The van der Waals surface area contributed by atoms with Gasteiger partial charge in [-0.05, 0) is 25.1 Å². The first-order chi connectivity index (χ1) is 10.9. The zero-order chi connectivity index (χ0) is 17.4. The van der Waals surface area contributed by atoms with Crippen LogP contribution in [0, 0.1) is 10.6 Å². The van der Waals surface area contributed by atoms with Gasteiger partial charge in [0.2, 0.25) is 5.82 Å². The Morgan fingerprint density at radius 2 is 2.22 bits per heavy atom. The Morgan fingerprint density at radius 1 is 1.57 bits per heavy atom. The van der Waals surface area contributed by atoms with Gasteiger partial charge in [-0.1, -0.05) is 20.3 Å². The summed E-state index contributed by atoms with van der Waals surface area (Å²) in [5.74, 6) is -1.44. The molecule has 2 unspecified atom stereocenters. The maximum absolute atomic E-state index is 13.3. The van der Waals surface area contributed by atoms with Crippen LogP contribution in [0.1, 0.15) is 39.3 Å². The first-order valence-corrected chi connectivity index (χ1v) is 7.85. The van der Waals surface area contributed by atoms with Gasteiger partial charge in [0, 0.05) is 0 Å². The van der Waals surface area contributed by atoms with Crippen LogP contribution in [-0.4, -0.2) is 34.8 Å². The Kier molecular flexibility index (Phi) is 8.07. The van der Waals surface area contributed by atoms with Gasteiger partial charge in [-0.3, -0.25) is 19.1 Å². The summed E-state index contributed by atoms with van der Waals surface area (Å²) in [6.07, 6.45) is 2.68. The maximum atomic E-state index is 13.3. The summed E-state index contributed by atoms with van der Waals surface area (Å²) in [6.45, 7) is 4.15. The Morgan fingerprint density at radius 3 is 2.83 bits per heavy atom. The highest BCUT2D eigenvalue weighted by atomic mass is 32.1. The molecule has 1 aliphatic rings. The molecule has 0 aliphatic carbocycles. The molecule has 1 aliphatic heterocycles. The first-order valence-electron chi connectivity index (χ1n) is 7.44. The second kappa shape index (κ2) is 9.53. The Hall–Kier alpha value is -1.58. The predicted molar refractivity (Wildman–Crippen MR) is 85.0 cm³/mol. The molecule has 1 aromatic heterocycles. The summed E-state index contributed by atoms with van der Waals surface area (Å²) in [6, 6.07) is 0. The molecule has 0 saturated carbocycles. The number of H-pyrrole nitrogens is 1. The third-order valence-corrected chi connectivity index (χ3v) is 3.23. The number of aromatic nitrogens is 2. The predicted octanol–water partition coefficient (Wildman–Crippen LogP) is 1.64. The van der Waals surface area contributed by atoms with Gasteiger partial charge in [-0.15, -0.1) is 0 Å². The van der Waals surface area contributed by atoms with Crippen molar-refractivity contribution >= 4 is 18.2 Å². The van der Waals surface area contributed by atoms with Gasteiger partial charge in [-0.2, -0.15) is 4.39 Å². The number of ether oxygens (including phenoxy) is 2. The molecule has 23 heavy (non-hydrogen) atoms. The van der Waals surface area contributed by atoms with E-state index in [0.717, 1.165) is 6.20 Å². The second-order valence-corrected chi connectivity index (χ2v) is 5.41. The van der Waals surface area contributed by atoms with Crippen molar-refractivity contribution in [3.63, 3.8) is 0 Å². The van der Waals surface area contributed by atoms with Crippen molar-refractivity contribution in [3.05, 3.63) is 27.1 Å². The van der Waals surface area contributed by atoms with E-state index in [-0.39, 0.29) is 24.0 Å². The topological polar surface area (TPSA) is 99.3 Å². The molecule has 0 radical (unpaired) electrons. The molecule has 9 heteroatoms. The summed E-state index contributed by atoms with van der Waals surface area (Å²) in [5, 5.41) is 0. The van der Waals surface area contributed by atoms with Crippen LogP contribution in [-0.2, 0) is 14.3 Å². The zero-order valence-electron chi connectivity index (χ0n) is 13.2. The molecule has 2 rings (SSSR count). The minimum atomic E-state index is -0.930. The molecule has 0 amide bonds. The number of carbonyl (C=O) groups is 1. The maximum Gasteiger partial charge on any atom is 0.319 e. The lowest BCUT2D eigenvalue weighted by Crippen LogP contribution is -2.24. The van der Waals surface area contributed by atoms with Crippen molar-refractivity contribution in [3.8, 4) is 0 Å². The lowest BCUT2D eigenvalue weighted by molar-refractivity contribution is -0.146. The van der Waals surface area contributed by atoms with Gasteiger partial charge in [0.05, 0.1) is 18.8 Å². The third kappa shape index (κ3) is 5.85. The van der Waals surface area contributed by atoms with Crippen molar-refractivity contribution in [1.29, 1.82) is 0 Å². The van der Waals surface area contributed by atoms with Gasteiger partial charge < -0.3 is 15.2 Å². The highest BCUT2D eigenvalue weighted by molar-refractivity contribution is 7.71. The highest BCUT2D eigenvalue weighted by Crippen LogP contribution is 2.28. The fourth-order valence-electron chi connectivity index (χ4n) is 1.93. The van der Waals surface area contributed by atoms with Crippen LogP contribution in [0.2, 0.25) is 0 Å². The molecule has 1 saturated heterocycles. The van der Waals surface area contributed by atoms with Crippen LogP contribution in [0.5, 0.6) is 0 Å². The van der Waals surface area contributed by atoms with E-state index in [4.69, 9.17) is 27.4 Å². The van der Waals surface area contributed by atoms with Gasteiger partial charge in [0.25, 0.3) is 5.56 Å². The minimum Gasteiger partial charge on any atom is -0.462 e. The Bertz CT molecular complexity index is 631. The highest BCUT2D eigenvalue weighted by Gasteiger charge is 2.28. The number of nitrogens with one attached hydrogen (secondary N) is 1. The fraction of sp³-hybridized carbons (Fsp3) is 0.643. The van der Waals surface area contributed by atoms with Crippen LogP contribution in [0.15, 0.2) is 11.0 Å². The fourth-order valence-corrected chi connectivity index (χ4v) is 2.20. The lowest BCUT2D eigenvalue weighted by atomic mass is 10.2. The molecular weight excluding hydrogens is 325 g/mol. The van der Waals surface area contributed by atoms with Crippen LogP contribution >= 0.6 is 12.2 Å². The number of nitrogens with zero attached hydrogens (tertiary/aromatic N) is 1. The van der Waals surface area contributed by atoms with Crippen LogP contribution in [0.25, 0.3) is 0 Å². The van der Waals surface area contributed by atoms with E-state index in [1.165, 1.54) is 11.0 Å². The number of hydrogen-bond acceptors (Lipinski definition) is 6. The van der Waals surface area contributed by atoms with E-state index in [1.807, 2.05) is 0 Å². The average Bonchev–Trinajstić information content (AvgIpc) is 2.98. The molecule has 2 heterocycles. The number of rotatable bonds is 4. The van der Waals surface area contributed by atoms with E-state index in [2.05, 4.69) is 18.8 Å². The average molecular weight is 347 g/mol. The Labute approximate surface area is 138 Å². The third-order valence-electron chi connectivity index (χ3n) is 2.92. The molecule has 7 nitrogen and oxygen atoms in total. The van der Waals surface area contributed by atoms with Gasteiger partial charge >= 0.3 is 5.97 Å². The molecule has 0 spiro atoms. The van der Waals surface area contributed by atoms with Crippen molar-refractivity contribution in [2.75, 3.05) is 13.2 Å². The molecule has 2 atom stereocenters. The van der Waals surface area contributed by atoms with Gasteiger partial charge in [-0.25, -0.2) is 0 Å². The number of esters is 1. The second-order valence-electron chi connectivity index (χ2n) is 5.03. The SMILES string of the molecule is CCC.NCC(=O)OCC1CCC(n2cc(F)c(=O)[nH]c2=S)O1. The molecule has 3 N–H and O–H groups in total. The monoisotopic (exact) mass is 347 g/mol. The van der Waals surface area contributed by atoms with Gasteiger partial charge in [0.15, 0.2) is 4.77 Å². The van der Waals surface area contributed by atoms with Crippen molar-refractivity contribution < 1.29 is 18.7 Å². The first kappa shape index (κ1) is 19.5. The molecule has 130 valence electrons. The van der Waals surface area contributed by atoms with Crippen LogP contribution < -0.4 is 11.3 Å². The lowest BCUT2D eigenvalue weighted by Gasteiger charge is -2.16. The van der Waals surface area contributed by atoms with E-state index in [0.29, 0.717) is 12.8 Å². The van der Waals surface area contributed by atoms with Crippen molar-refractivity contribution in [1.82, 2.24) is 9.55 Å². The van der Waals surface area contributed by atoms with E-state index < -0.39 is 23.6 Å².